The van der Waals surface area contributed by atoms with Gasteiger partial charge in [-0.3, -0.25) is 0 Å². The summed E-state index contributed by atoms with van der Waals surface area (Å²) in [5.74, 6) is 0.0319. The van der Waals surface area contributed by atoms with E-state index in [1.807, 2.05) is 24.3 Å². The van der Waals surface area contributed by atoms with Crippen LogP contribution in [0.4, 0.5) is 11.4 Å². The molecule has 0 fully saturated rings. The van der Waals surface area contributed by atoms with Gasteiger partial charge in [0.25, 0.3) is 0 Å². The Hall–Kier alpha value is -2.57. The quantitative estimate of drug-likeness (QED) is 0.550. The molecule has 0 bridgehead atoms. The minimum absolute atomic E-state index is 0.0319. The molecule has 0 heterocycles. The Bertz CT molecular complexity index is 893. The average molecular weight is 312 g/mol. The van der Waals surface area contributed by atoms with Crippen LogP contribution in [-0.4, -0.2) is 13.9 Å². The second-order valence-electron chi connectivity index (χ2n) is 4.57. The van der Waals surface area contributed by atoms with E-state index in [1.165, 1.54) is 6.07 Å². The van der Waals surface area contributed by atoms with Crippen LogP contribution >= 0.6 is 0 Å². The smallest absolute Gasteiger partial charge is 0.188 e. The fraction of sp³-hybridized carbons (Fsp3) is 0. The van der Waals surface area contributed by atoms with E-state index >= 15 is 0 Å². The molecule has 0 saturated carbocycles. The standard InChI is InChI=1S/C16H12N2O3S/c19-16-12-6-2-1-5-11(12)9-10-14(16)18-17-13-7-3-4-8-15(13)22(20)21/h1-10,19H,(H,20,21). The van der Waals surface area contributed by atoms with Crippen molar-refractivity contribution < 1.29 is 13.9 Å². The molecule has 3 aromatic carbocycles. The van der Waals surface area contributed by atoms with Gasteiger partial charge in [0, 0.05) is 5.39 Å². The molecule has 5 nitrogen and oxygen atoms in total. The predicted octanol–water partition coefficient (Wildman–Crippen LogP) is 4.54. The molecule has 0 aliphatic heterocycles. The molecule has 0 spiro atoms. The summed E-state index contributed by atoms with van der Waals surface area (Å²) in [5, 5.41) is 19.8. The van der Waals surface area contributed by atoms with E-state index < -0.39 is 11.1 Å². The summed E-state index contributed by atoms with van der Waals surface area (Å²) in [4.78, 5) is 0.173. The maximum atomic E-state index is 11.2. The van der Waals surface area contributed by atoms with E-state index in [2.05, 4.69) is 10.2 Å². The van der Waals surface area contributed by atoms with Gasteiger partial charge in [-0.1, -0.05) is 42.5 Å². The van der Waals surface area contributed by atoms with Gasteiger partial charge in [-0.25, -0.2) is 4.21 Å². The molecule has 2 N–H and O–H groups in total. The van der Waals surface area contributed by atoms with Crippen molar-refractivity contribution in [3.05, 3.63) is 60.7 Å². The molecular formula is C16H12N2O3S. The number of phenolic OH excluding ortho intramolecular Hbond substituents is 1. The van der Waals surface area contributed by atoms with Gasteiger partial charge in [0.05, 0.1) is 4.90 Å². The normalized spacial score (nSPS) is 12.8. The maximum absolute atomic E-state index is 11.2. The molecule has 3 aromatic rings. The zero-order chi connectivity index (χ0) is 15.5. The van der Waals surface area contributed by atoms with E-state index in [-0.39, 0.29) is 16.3 Å². The van der Waals surface area contributed by atoms with Crippen LogP contribution in [0.2, 0.25) is 0 Å². The minimum Gasteiger partial charge on any atom is -0.505 e. The van der Waals surface area contributed by atoms with Gasteiger partial charge in [0.15, 0.2) is 16.8 Å². The third kappa shape index (κ3) is 2.74. The van der Waals surface area contributed by atoms with Crippen LogP contribution in [0, 0.1) is 0 Å². The van der Waals surface area contributed by atoms with Crippen LogP contribution in [0.3, 0.4) is 0 Å². The lowest BCUT2D eigenvalue weighted by Gasteiger charge is -2.03. The van der Waals surface area contributed by atoms with Crippen LogP contribution in [0.1, 0.15) is 0 Å². The fourth-order valence-electron chi connectivity index (χ4n) is 2.12. The first-order valence-electron chi connectivity index (χ1n) is 6.49. The number of benzene rings is 3. The predicted molar refractivity (Wildman–Crippen MR) is 85.3 cm³/mol. The molecular weight excluding hydrogens is 300 g/mol. The Morgan fingerprint density at radius 1 is 0.818 bits per heavy atom. The molecule has 110 valence electrons. The van der Waals surface area contributed by atoms with Gasteiger partial charge >= 0.3 is 0 Å². The van der Waals surface area contributed by atoms with Gasteiger partial charge < -0.3 is 9.66 Å². The van der Waals surface area contributed by atoms with Gasteiger partial charge in [-0.15, -0.1) is 10.2 Å². The van der Waals surface area contributed by atoms with Crippen LogP contribution in [0.25, 0.3) is 10.8 Å². The topological polar surface area (TPSA) is 82.2 Å². The van der Waals surface area contributed by atoms with Crippen LogP contribution in [0.15, 0.2) is 75.8 Å². The van der Waals surface area contributed by atoms with E-state index in [4.69, 9.17) is 0 Å². The highest BCUT2D eigenvalue weighted by molar-refractivity contribution is 7.79. The van der Waals surface area contributed by atoms with Crippen molar-refractivity contribution in [1.29, 1.82) is 0 Å². The summed E-state index contributed by atoms with van der Waals surface area (Å²) in [6.07, 6.45) is 0. The van der Waals surface area contributed by atoms with Crippen molar-refractivity contribution in [3.63, 3.8) is 0 Å². The zero-order valence-corrected chi connectivity index (χ0v) is 12.2. The SMILES string of the molecule is O=S(O)c1ccccc1N=Nc1ccc2ccccc2c1O. The molecule has 0 radical (unpaired) electrons. The number of azo groups is 1. The summed E-state index contributed by atoms with van der Waals surface area (Å²) >= 11 is -2.14. The third-order valence-corrected chi connectivity index (χ3v) is 3.92. The molecule has 0 aliphatic carbocycles. The second kappa shape index (κ2) is 6.05. The van der Waals surface area contributed by atoms with Gasteiger partial charge in [-0.05, 0) is 23.6 Å². The van der Waals surface area contributed by atoms with E-state index in [0.29, 0.717) is 11.1 Å². The number of rotatable bonds is 3. The summed E-state index contributed by atoms with van der Waals surface area (Å²) in [7, 11) is 0. The highest BCUT2D eigenvalue weighted by Gasteiger charge is 2.08. The summed E-state index contributed by atoms with van der Waals surface area (Å²) in [5.41, 5.74) is 0.591. The Labute approximate surface area is 129 Å². The highest BCUT2D eigenvalue weighted by atomic mass is 32.2. The van der Waals surface area contributed by atoms with Crippen LogP contribution in [-0.2, 0) is 11.1 Å². The largest absolute Gasteiger partial charge is 0.505 e. The fourth-order valence-corrected chi connectivity index (χ4v) is 2.60. The highest BCUT2D eigenvalue weighted by Crippen LogP contribution is 2.35. The Morgan fingerprint density at radius 3 is 2.32 bits per heavy atom. The lowest BCUT2D eigenvalue weighted by atomic mass is 10.1. The molecule has 6 heteroatoms. The summed E-state index contributed by atoms with van der Waals surface area (Å²) in [6.45, 7) is 0. The molecule has 0 amide bonds. The monoisotopic (exact) mass is 312 g/mol. The third-order valence-electron chi connectivity index (χ3n) is 3.20. The molecule has 0 aliphatic rings. The van der Waals surface area contributed by atoms with Crippen molar-refractivity contribution in [2.75, 3.05) is 0 Å². The number of hydrogen-bond donors (Lipinski definition) is 2. The maximum Gasteiger partial charge on any atom is 0.188 e. The summed E-state index contributed by atoms with van der Waals surface area (Å²) in [6, 6.07) is 17.3. The van der Waals surface area contributed by atoms with E-state index in [9.17, 15) is 13.9 Å². The van der Waals surface area contributed by atoms with Crippen molar-refractivity contribution in [2.24, 2.45) is 10.2 Å². The Kier molecular flexibility index (Phi) is 3.95. The van der Waals surface area contributed by atoms with Crippen molar-refractivity contribution in [3.8, 4) is 5.75 Å². The van der Waals surface area contributed by atoms with E-state index in [0.717, 1.165) is 5.39 Å². The zero-order valence-electron chi connectivity index (χ0n) is 11.4. The Morgan fingerprint density at radius 2 is 1.50 bits per heavy atom. The number of phenols is 1. The molecule has 22 heavy (non-hydrogen) atoms. The van der Waals surface area contributed by atoms with Gasteiger partial charge in [-0.2, -0.15) is 0 Å². The van der Waals surface area contributed by atoms with Gasteiger partial charge in [0.1, 0.15) is 11.4 Å². The first-order chi connectivity index (χ1) is 10.7. The first kappa shape index (κ1) is 14.4. The van der Waals surface area contributed by atoms with Gasteiger partial charge in [0.2, 0.25) is 0 Å². The van der Waals surface area contributed by atoms with Crippen molar-refractivity contribution >= 4 is 33.2 Å². The lowest BCUT2D eigenvalue weighted by molar-refractivity contribution is 0.482. The molecule has 1 atom stereocenters. The average Bonchev–Trinajstić information content (AvgIpc) is 2.55. The minimum atomic E-state index is -2.14. The first-order valence-corrected chi connectivity index (χ1v) is 7.60. The van der Waals surface area contributed by atoms with Crippen molar-refractivity contribution in [1.82, 2.24) is 0 Å². The summed E-state index contributed by atoms with van der Waals surface area (Å²) < 4.78 is 20.5. The molecule has 0 aromatic heterocycles. The van der Waals surface area contributed by atoms with Crippen molar-refractivity contribution in [2.45, 2.75) is 4.90 Å². The molecule has 0 saturated heterocycles. The number of aromatic hydroxyl groups is 1. The number of hydrogen-bond acceptors (Lipinski definition) is 4. The van der Waals surface area contributed by atoms with Crippen LogP contribution < -0.4 is 0 Å². The van der Waals surface area contributed by atoms with E-state index in [1.54, 1.807) is 30.3 Å². The lowest BCUT2D eigenvalue weighted by Crippen LogP contribution is -1.87. The second-order valence-corrected chi connectivity index (χ2v) is 5.51. The number of fused-ring (bicyclic) bond motifs is 1. The Balaban J connectivity index is 2.03. The molecule has 3 rings (SSSR count). The van der Waals surface area contributed by atoms with Crippen LogP contribution in [0.5, 0.6) is 5.75 Å². The number of nitrogens with zero attached hydrogens (tertiary/aromatic N) is 2. The molecule has 1 unspecified atom stereocenters.